The average molecular weight is 279 g/mol. The lowest BCUT2D eigenvalue weighted by atomic mass is 10.2. The standard InChI is InChI=1S/C13H17N3O2S/c1-8(2)18-12-5-9(3-4-11(12)14)15-6-10-7-19-13(17)16-10/h3-5,7-8,15H,6,14H2,1-2H3,(H,16,17). The van der Waals surface area contributed by atoms with Gasteiger partial charge in [0, 0.05) is 22.8 Å². The number of nitrogen functional groups attached to an aromatic ring is 1. The lowest BCUT2D eigenvalue weighted by molar-refractivity contribution is 0.244. The van der Waals surface area contributed by atoms with E-state index < -0.39 is 0 Å². The van der Waals surface area contributed by atoms with E-state index >= 15 is 0 Å². The quantitative estimate of drug-likeness (QED) is 0.734. The van der Waals surface area contributed by atoms with Gasteiger partial charge in [0.1, 0.15) is 5.75 Å². The SMILES string of the molecule is CC(C)Oc1cc(NCc2csc(=O)[nH]2)ccc1N. The van der Waals surface area contributed by atoms with Gasteiger partial charge >= 0.3 is 4.87 Å². The van der Waals surface area contributed by atoms with E-state index in [-0.39, 0.29) is 11.0 Å². The number of hydrogen-bond donors (Lipinski definition) is 3. The molecule has 102 valence electrons. The molecular formula is C13H17N3O2S. The third-order valence-electron chi connectivity index (χ3n) is 2.43. The molecule has 0 bridgehead atoms. The first-order valence-electron chi connectivity index (χ1n) is 6.01. The lowest BCUT2D eigenvalue weighted by Crippen LogP contribution is -2.08. The van der Waals surface area contributed by atoms with E-state index in [1.54, 1.807) is 11.4 Å². The summed E-state index contributed by atoms with van der Waals surface area (Å²) in [6, 6.07) is 5.54. The molecule has 1 aromatic carbocycles. The highest BCUT2D eigenvalue weighted by Crippen LogP contribution is 2.26. The maximum Gasteiger partial charge on any atom is 0.304 e. The van der Waals surface area contributed by atoms with Gasteiger partial charge in [-0.05, 0) is 26.0 Å². The van der Waals surface area contributed by atoms with E-state index in [1.165, 1.54) is 0 Å². The molecule has 19 heavy (non-hydrogen) atoms. The summed E-state index contributed by atoms with van der Waals surface area (Å²) in [7, 11) is 0. The van der Waals surface area contributed by atoms with E-state index in [2.05, 4.69) is 10.3 Å². The Labute approximate surface area is 115 Å². The number of anilines is 2. The van der Waals surface area contributed by atoms with Gasteiger partial charge in [-0.1, -0.05) is 11.3 Å². The largest absolute Gasteiger partial charge is 0.489 e. The highest BCUT2D eigenvalue weighted by atomic mass is 32.1. The van der Waals surface area contributed by atoms with E-state index in [0.717, 1.165) is 22.7 Å². The Hall–Kier alpha value is -1.95. The van der Waals surface area contributed by atoms with Gasteiger partial charge in [0.25, 0.3) is 0 Å². The fourth-order valence-corrected chi connectivity index (χ4v) is 2.18. The van der Waals surface area contributed by atoms with Crippen LogP contribution in [0.25, 0.3) is 0 Å². The number of H-pyrrole nitrogens is 1. The van der Waals surface area contributed by atoms with Crippen LogP contribution >= 0.6 is 11.3 Å². The summed E-state index contributed by atoms with van der Waals surface area (Å²) in [6.07, 6.45) is 0.0748. The van der Waals surface area contributed by atoms with Crippen molar-refractivity contribution in [3.05, 3.63) is 38.9 Å². The minimum Gasteiger partial charge on any atom is -0.489 e. The molecule has 0 spiro atoms. The van der Waals surface area contributed by atoms with Crippen molar-refractivity contribution in [1.29, 1.82) is 0 Å². The Morgan fingerprint density at radius 3 is 2.89 bits per heavy atom. The number of thiazole rings is 1. The summed E-state index contributed by atoms with van der Waals surface area (Å²) < 4.78 is 5.62. The van der Waals surface area contributed by atoms with Crippen LogP contribution in [0.15, 0.2) is 28.4 Å². The van der Waals surface area contributed by atoms with Gasteiger partial charge in [-0.15, -0.1) is 0 Å². The monoisotopic (exact) mass is 279 g/mol. The van der Waals surface area contributed by atoms with Gasteiger partial charge in [-0.25, -0.2) is 0 Å². The first kappa shape index (κ1) is 13.5. The number of ether oxygens (including phenoxy) is 1. The molecule has 1 heterocycles. The minimum absolute atomic E-state index is 0.0436. The Bertz CT molecular complexity index is 604. The summed E-state index contributed by atoms with van der Waals surface area (Å²) in [4.78, 5) is 13.7. The molecule has 0 atom stereocenters. The molecular weight excluding hydrogens is 262 g/mol. The van der Waals surface area contributed by atoms with E-state index in [1.807, 2.05) is 26.0 Å². The topological polar surface area (TPSA) is 80.1 Å². The molecule has 0 amide bonds. The van der Waals surface area contributed by atoms with E-state index in [0.29, 0.717) is 18.0 Å². The number of nitrogens with two attached hydrogens (primary N) is 1. The maximum atomic E-state index is 11.0. The zero-order valence-corrected chi connectivity index (χ0v) is 11.7. The van der Waals surface area contributed by atoms with Gasteiger partial charge in [0.2, 0.25) is 0 Å². The van der Waals surface area contributed by atoms with Crippen molar-refractivity contribution in [3.63, 3.8) is 0 Å². The number of hydrogen-bond acceptors (Lipinski definition) is 5. The second-order valence-electron chi connectivity index (χ2n) is 4.45. The summed E-state index contributed by atoms with van der Waals surface area (Å²) >= 11 is 1.16. The molecule has 0 aliphatic heterocycles. The Morgan fingerprint density at radius 1 is 1.47 bits per heavy atom. The summed E-state index contributed by atoms with van der Waals surface area (Å²) in [5.74, 6) is 0.666. The van der Waals surface area contributed by atoms with Crippen molar-refractivity contribution in [2.45, 2.75) is 26.5 Å². The summed E-state index contributed by atoms with van der Waals surface area (Å²) in [6.45, 7) is 4.47. The van der Waals surface area contributed by atoms with Crippen molar-refractivity contribution in [2.24, 2.45) is 0 Å². The van der Waals surface area contributed by atoms with Gasteiger partial charge < -0.3 is 20.8 Å². The van der Waals surface area contributed by atoms with Crippen LogP contribution in [0.2, 0.25) is 0 Å². The van der Waals surface area contributed by atoms with Crippen LogP contribution in [0.4, 0.5) is 11.4 Å². The smallest absolute Gasteiger partial charge is 0.304 e. The molecule has 0 saturated carbocycles. The highest BCUT2D eigenvalue weighted by molar-refractivity contribution is 7.07. The van der Waals surface area contributed by atoms with Gasteiger partial charge in [0.15, 0.2) is 0 Å². The molecule has 2 aromatic rings. The number of benzene rings is 1. The Kier molecular flexibility index (Phi) is 4.11. The summed E-state index contributed by atoms with van der Waals surface area (Å²) in [5, 5.41) is 5.02. The van der Waals surface area contributed by atoms with Crippen molar-refractivity contribution < 1.29 is 4.74 Å². The third-order valence-corrected chi connectivity index (χ3v) is 3.15. The lowest BCUT2D eigenvalue weighted by Gasteiger charge is -2.14. The molecule has 0 unspecified atom stereocenters. The van der Waals surface area contributed by atoms with Gasteiger partial charge in [0.05, 0.1) is 18.3 Å². The molecule has 0 aliphatic carbocycles. The molecule has 0 radical (unpaired) electrons. The molecule has 0 fully saturated rings. The van der Waals surface area contributed by atoms with E-state index in [9.17, 15) is 4.79 Å². The van der Waals surface area contributed by atoms with Crippen LogP contribution in [0, 0.1) is 0 Å². The van der Waals surface area contributed by atoms with Crippen LogP contribution in [0.5, 0.6) is 5.75 Å². The fourth-order valence-electron chi connectivity index (χ4n) is 1.60. The molecule has 0 saturated heterocycles. The number of nitrogens with one attached hydrogen (secondary N) is 2. The van der Waals surface area contributed by atoms with Crippen LogP contribution < -0.4 is 20.7 Å². The Balaban J connectivity index is 2.06. The highest BCUT2D eigenvalue weighted by Gasteiger charge is 2.05. The van der Waals surface area contributed by atoms with Crippen LogP contribution in [0.1, 0.15) is 19.5 Å². The van der Waals surface area contributed by atoms with E-state index in [4.69, 9.17) is 10.5 Å². The first-order chi connectivity index (χ1) is 9.04. The second-order valence-corrected chi connectivity index (χ2v) is 5.29. The number of rotatable bonds is 5. The van der Waals surface area contributed by atoms with Crippen LogP contribution in [0.3, 0.4) is 0 Å². The molecule has 0 aliphatic rings. The van der Waals surface area contributed by atoms with Gasteiger partial charge in [-0.2, -0.15) is 0 Å². The number of aromatic nitrogens is 1. The van der Waals surface area contributed by atoms with Crippen molar-refractivity contribution in [2.75, 3.05) is 11.1 Å². The molecule has 1 aromatic heterocycles. The molecule has 6 heteroatoms. The predicted octanol–water partition coefficient (Wildman–Crippen LogP) is 2.42. The minimum atomic E-state index is -0.0436. The normalized spacial score (nSPS) is 10.7. The fraction of sp³-hybridized carbons (Fsp3) is 0.308. The third kappa shape index (κ3) is 3.75. The first-order valence-corrected chi connectivity index (χ1v) is 6.89. The predicted molar refractivity (Wildman–Crippen MR) is 78.9 cm³/mol. The molecule has 4 N–H and O–H groups in total. The summed E-state index contributed by atoms with van der Waals surface area (Å²) in [5.41, 5.74) is 8.22. The zero-order valence-electron chi connectivity index (χ0n) is 10.9. The zero-order chi connectivity index (χ0) is 13.8. The molecule has 5 nitrogen and oxygen atoms in total. The van der Waals surface area contributed by atoms with Crippen molar-refractivity contribution >= 4 is 22.7 Å². The Morgan fingerprint density at radius 2 is 2.26 bits per heavy atom. The maximum absolute atomic E-state index is 11.0. The van der Waals surface area contributed by atoms with Crippen LogP contribution in [-0.2, 0) is 6.54 Å². The van der Waals surface area contributed by atoms with Crippen molar-refractivity contribution in [1.82, 2.24) is 4.98 Å². The second kappa shape index (κ2) is 5.79. The van der Waals surface area contributed by atoms with Crippen molar-refractivity contribution in [3.8, 4) is 5.75 Å². The van der Waals surface area contributed by atoms with Crippen LogP contribution in [-0.4, -0.2) is 11.1 Å². The molecule has 2 rings (SSSR count). The number of aromatic amines is 1. The van der Waals surface area contributed by atoms with Gasteiger partial charge in [-0.3, -0.25) is 4.79 Å². The average Bonchev–Trinajstić information content (AvgIpc) is 2.75.